The van der Waals surface area contributed by atoms with Crippen LogP contribution in [0, 0.1) is 0 Å². The quantitative estimate of drug-likeness (QED) is 0.335. The van der Waals surface area contributed by atoms with Crippen LogP contribution < -0.4 is 0 Å². The summed E-state index contributed by atoms with van der Waals surface area (Å²) in [5, 5.41) is 0. The Bertz CT molecular complexity index is 41.1. The Hall–Kier alpha value is 0.405. The summed E-state index contributed by atoms with van der Waals surface area (Å²) in [6.45, 7) is 0. The van der Waals surface area contributed by atoms with Crippen molar-refractivity contribution in [1.29, 1.82) is 0 Å². The number of rotatable bonds is 0. The van der Waals surface area contributed by atoms with E-state index in [1.54, 1.807) is 0 Å². The molecule has 0 aliphatic heterocycles. The minimum Gasteiger partial charge on any atom is -0.412 e. The second-order valence-electron chi connectivity index (χ2n) is 0.495. The molecule has 0 unspecified atom stereocenters. The van der Waals surface area contributed by atoms with Crippen molar-refractivity contribution < 1.29 is 54.0 Å². The summed E-state index contributed by atoms with van der Waals surface area (Å²) < 4.78 is 58.8. The van der Waals surface area contributed by atoms with Gasteiger partial charge in [-0.25, -0.2) is 0 Å². The Kier molecular flexibility index (Phi) is 328. The minimum atomic E-state index is -4.64. The second kappa shape index (κ2) is 63.1. The summed E-state index contributed by atoms with van der Waals surface area (Å²) in [7, 11) is 0. The molecule has 14 heteroatoms. The molecule has 0 radical (unpaired) electrons. The average Bonchev–Trinajstić information content (AvgIpc) is 1.25. The van der Waals surface area contributed by atoms with Gasteiger partial charge < -0.3 is 54.0 Å². The third-order valence-corrected chi connectivity index (χ3v) is 0. The molecule has 0 aliphatic carbocycles. The lowest BCUT2D eigenvalue weighted by atomic mass is 12.0. The van der Waals surface area contributed by atoms with Gasteiger partial charge in [-0.2, -0.15) is 0 Å². The van der Waals surface area contributed by atoms with Gasteiger partial charge in [0, 0.05) is 0 Å². The van der Waals surface area contributed by atoms with Crippen molar-refractivity contribution in [3.8, 4) is 0 Å². The van der Waals surface area contributed by atoms with Crippen LogP contribution in [0.2, 0.25) is 0 Å². The molecular weight excluding hydrogens is 276 g/mol. The first-order chi connectivity index (χ1) is 3.46. The number of halogens is 6. The summed E-state index contributed by atoms with van der Waals surface area (Å²) in [5.74, 6) is 0. The highest BCUT2D eigenvalue weighted by Gasteiger charge is 2.22. The Balaban J connectivity index is -0.00000000468. The Morgan fingerprint density at radius 3 is 0.400 bits per heavy atom. The van der Waals surface area contributed by atoms with Crippen LogP contribution in [0.15, 0.2) is 0 Å². The van der Waals surface area contributed by atoms with Gasteiger partial charge in [0.15, 0.2) is 0 Å². The molecule has 0 bridgehead atoms. The van der Waals surface area contributed by atoms with Gasteiger partial charge in [0.2, 0.25) is 0 Å². The van der Waals surface area contributed by atoms with E-state index in [4.69, 9.17) is 0 Å². The third-order valence-electron chi connectivity index (χ3n) is 0. The van der Waals surface area contributed by atoms with Crippen molar-refractivity contribution in [2.45, 2.75) is 7.43 Å². The van der Waals surface area contributed by atoms with Crippen molar-refractivity contribution in [2.75, 3.05) is 0 Å². The van der Waals surface area contributed by atoms with Crippen LogP contribution in [0.1, 0.15) is 7.43 Å². The molecule has 15 heavy (non-hydrogen) atoms. The van der Waals surface area contributed by atoms with Gasteiger partial charge in [0.05, 0.1) is 0 Å². The van der Waals surface area contributed by atoms with Crippen LogP contribution in [-0.4, -0.2) is 63.9 Å². The lowest BCUT2D eigenvalue weighted by Crippen LogP contribution is -1.76. The molecule has 12 N–H and O–H groups in total. The predicted molar refractivity (Wildman–Crippen MR) is 46.6 cm³/mol. The van der Waals surface area contributed by atoms with Crippen molar-refractivity contribution in [1.82, 2.24) is 0 Å². The monoisotopic (exact) mass is 292 g/mol. The predicted octanol–water partition coefficient (Wildman–Crippen LogP) is -2.55. The molecular formula is CH16Al2F6O6. The zero-order chi connectivity index (χ0) is 7.15. The Labute approximate surface area is 93.0 Å². The lowest BCUT2D eigenvalue weighted by molar-refractivity contribution is 0.533. The van der Waals surface area contributed by atoms with E-state index >= 15 is 0 Å². The van der Waals surface area contributed by atoms with E-state index in [0.717, 1.165) is 0 Å². The smallest absolute Gasteiger partial charge is 0.412 e. The van der Waals surface area contributed by atoms with E-state index in [1.807, 2.05) is 0 Å². The SMILES string of the molecule is C.O.O.O.O.O.O.[F][Al]([F])[F].[F][Al]([F])[F]. The summed E-state index contributed by atoms with van der Waals surface area (Å²) in [6.07, 6.45) is 0. The molecule has 0 amide bonds. The van der Waals surface area contributed by atoms with Gasteiger partial charge in [0.1, 0.15) is 0 Å². The zero-order valence-corrected chi connectivity index (χ0v) is 8.73. The zero-order valence-electron chi connectivity index (χ0n) is 6.42. The molecule has 0 rings (SSSR count). The summed E-state index contributed by atoms with van der Waals surface area (Å²) >= 11 is -9.28. The first kappa shape index (κ1) is 77.9. The van der Waals surface area contributed by atoms with Gasteiger partial charge in [-0.3, -0.25) is 0 Å². The van der Waals surface area contributed by atoms with Gasteiger partial charge in [-0.15, -0.1) is 0 Å². The highest BCUT2D eigenvalue weighted by atomic mass is 27.3. The van der Waals surface area contributed by atoms with Crippen molar-refractivity contribution in [3.63, 3.8) is 0 Å². The van der Waals surface area contributed by atoms with Crippen molar-refractivity contribution in [3.05, 3.63) is 0 Å². The van der Waals surface area contributed by atoms with Crippen LogP contribution >= 0.6 is 0 Å². The highest BCUT2D eigenvalue weighted by molar-refractivity contribution is 6.33. The first-order valence-electron chi connectivity index (χ1n) is 1.31. The average molecular weight is 292 g/mol. The van der Waals surface area contributed by atoms with Gasteiger partial charge in [0.25, 0.3) is 0 Å². The van der Waals surface area contributed by atoms with E-state index in [9.17, 15) is 21.1 Å². The topological polar surface area (TPSA) is 189 Å². The minimum absolute atomic E-state index is 0. The molecule has 0 saturated carbocycles. The molecule has 0 aromatic carbocycles. The summed E-state index contributed by atoms with van der Waals surface area (Å²) in [6, 6.07) is 0. The van der Waals surface area contributed by atoms with Crippen LogP contribution in [0.25, 0.3) is 0 Å². The van der Waals surface area contributed by atoms with Crippen LogP contribution in [0.5, 0.6) is 0 Å². The van der Waals surface area contributed by atoms with Crippen molar-refractivity contribution >= 4 is 31.1 Å². The van der Waals surface area contributed by atoms with Gasteiger partial charge in [-0.05, 0) is 0 Å². The van der Waals surface area contributed by atoms with Crippen molar-refractivity contribution in [2.24, 2.45) is 0 Å². The summed E-state index contributed by atoms with van der Waals surface area (Å²) in [5.41, 5.74) is 0. The number of hydrogen-bond donors (Lipinski definition) is 0. The normalized spacial score (nSPS) is 3.60. The van der Waals surface area contributed by atoms with E-state index in [1.165, 1.54) is 0 Å². The standard InChI is InChI=1S/CH4.2Al.6FH.6H2O/h1H4;;;6*1H;6*1H2/q;2*+3;;;;;;;;;;;;/p-6. The second-order valence-corrected chi connectivity index (χ2v) is 1.48. The van der Waals surface area contributed by atoms with E-state index in [2.05, 4.69) is 0 Å². The lowest BCUT2D eigenvalue weighted by Gasteiger charge is -1.52. The molecule has 0 atom stereocenters. The molecule has 0 heterocycles. The Morgan fingerprint density at radius 2 is 0.400 bits per heavy atom. The fourth-order valence-electron chi connectivity index (χ4n) is 0. The molecule has 0 aromatic heterocycles. The van der Waals surface area contributed by atoms with Crippen LogP contribution in [-0.2, 0) is 0 Å². The maximum Gasteiger partial charge on any atom is 1.04 e. The van der Waals surface area contributed by atoms with Gasteiger partial charge in [-0.1, -0.05) is 7.43 Å². The molecule has 0 saturated heterocycles. The largest absolute Gasteiger partial charge is 1.04 e. The Morgan fingerprint density at radius 1 is 0.400 bits per heavy atom. The third kappa shape index (κ3) is 13500. The number of hydrogen-bond acceptors (Lipinski definition) is 0. The fraction of sp³-hybridized carbons (Fsp3) is 1.00. The molecule has 0 spiro atoms. The van der Waals surface area contributed by atoms with Gasteiger partial charge >= 0.3 is 31.1 Å². The van der Waals surface area contributed by atoms with Crippen LogP contribution in [0.3, 0.4) is 0 Å². The maximum atomic E-state index is 9.81. The highest BCUT2D eigenvalue weighted by Crippen LogP contribution is 1.80. The molecule has 104 valence electrons. The molecule has 6 nitrogen and oxygen atoms in total. The van der Waals surface area contributed by atoms with E-state index in [-0.39, 0.29) is 40.3 Å². The van der Waals surface area contributed by atoms with E-state index < -0.39 is 31.1 Å². The fourth-order valence-corrected chi connectivity index (χ4v) is 0. The van der Waals surface area contributed by atoms with Crippen LogP contribution in [0.4, 0.5) is 21.1 Å². The van der Waals surface area contributed by atoms with E-state index in [0.29, 0.717) is 0 Å². The maximum absolute atomic E-state index is 9.81. The molecule has 0 aromatic rings. The molecule has 0 aliphatic rings. The first-order valence-corrected chi connectivity index (χ1v) is 3.93. The molecule has 0 fully saturated rings. The summed E-state index contributed by atoms with van der Waals surface area (Å²) in [4.78, 5) is 0.